The minimum atomic E-state index is 0.130. The summed E-state index contributed by atoms with van der Waals surface area (Å²) < 4.78 is 0. The van der Waals surface area contributed by atoms with E-state index in [0.717, 1.165) is 48.3 Å². The molecule has 0 bridgehead atoms. The second-order valence-corrected chi connectivity index (χ2v) is 7.59. The number of thioether (sulfide) groups is 1. The van der Waals surface area contributed by atoms with Gasteiger partial charge >= 0.3 is 0 Å². The third-order valence-corrected chi connectivity index (χ3v) is 6.04. The van der Waals surface area contributed by atoms with Gasteiger partial charge in [0.2, 0.25) is 0 Å². The molecule has 4 rings (SSSR count). The number of likely N-dealkylation sites (tertiary alicyclic amines) is 1. The first-order valence-corrected chi connectivity index (χ1v) is 9.68. The largest absolute Gasteiger partial charge is 0.345 e. The van der Waals surface area contributed by atoms with Crippen molar-refractivity contribution in [2.24, 2.45) is 5.92 Å². The van der Waals surface area contributed by atoms with E-state index in [-0.39, 0.29) is 5.91 Å². The zero-order valence-electron chi connectivity index (χ0n) is 14.0. The van der Waals surface area contributed by atoms with Crippen LogP contribution >= 0.6 is 11.8 Å². The van der Waals surface area contributed by atoms with Gasteiger partial charge in [0.1, 0.15) is 0 Å². The number of rotatable bonds is 4. The number of hydrogen-bond donors (Lipinski definition) is 1. The Morgan fingerprint density at radius 2 is 1.96 bits per heavy atom. The summed E-state index contributed by atoms with van der Waals surface area (Å²) in [4.78, 5) is 23.3. The number of imidazole rings is 1. The smallest absolute Gasteiger partial charge is 0.253 e. The van der Waals surface area contributed by atoms with Crippen molar-refractivity contribution >= 4 is 28.7 Å². The van der Waals surface area contributed by atoms with Gasteiger partial charge in [-0.05, 0) is 49.1 Å². The summed E-state index contributed by atoms with van der Waals surface area (Å²) in [6, 6.07) is 16.2. The van der Waals surface area contributed by atoms with Crippen LogP contribution in [0.15, 0.2) is 59.8 Å². The maximum Gasteiger partial charge on any atom is 0.253 e. The monoisotopic (exact) mass is 351 g/mol. The van der Waals surface area contributed by atoms with Gasteiger partial charge in [-0.25, -0.2) is 4.98 Å². The van der Waals surface area contributed by atoms with E-state index in [2.05, 4.69) is 40.3 Å². The molecular weight excluding hydrogens is 330 g/mol. The highest BCUT2D eigenvalue weighted by atomic mass is 32.2. The zero-order chi connectivity index (χ0) is 17.1. The minimum Gasteiger partial charge on any atom is -0.345 e. The standard InChI is InChI=1S/C20H21N3OS/c24-20(16-6-7-18-19(12-16)22-14-21-18)23-10-8-15(9-11-23)13-25-17-4-2-1-3-5-17/h1-7,12,14-15H,8-11,13H2,(H,21,22). The molecule has 25 heavy (non-hydrogen) atoms. The summed E-state index contributed by atoms with van der Waals surface area (Å²) in [5, 5.41) is 0. The van der Waals surface area contributed by atoms with Crippen molar-refractivity contribution in [2.45, 2.75) is 17.7 Å². The number of aromatic nitrogens is 2. The number of H-pyrrole nitrogens is 1. The van der Waals surface area contributed by atoms with Crippen LogP contribution in [0, 0.1) is 5.92 Å². The highest BCUT2D eigenvalue weighted by molar-refractivity contribution is 7.99. The second kappa shape index (κ2) is 7.31. The van der Waals surface area contributed by atoms with Crippen molar-refractivity contribution in [1.29, 1.82) is 0 Å². The molecule has 2 aromatic carbocycles. The molecule has 1 fully saturated rings. The highest BCUT2D eigenvalue weighted by Crippen LogP contribution is 2.27. The average Bonchev–Trinajstić information content (AvgIpc) is 3.15. The third kappa shape index (κ3) is 3.71. The van der Waals surface area contributed by atoms with Gasteiger partial charge in [-0.2, -0.15) is 0 Å². The normalized spacial score (nSPS) is 15.6. The van der Waals surface area contributed by atoms with Crippen LogP contribution in [-0.2, 0) is 0 Å². The average molecular weight is 351 g/mol. The van der Waals surface area contributed by atoms with E-state index >= 15 is 0 Å². The molecule has 4 nitrogen and oxygen atoms in total. The summed E-state index contributed by atoms with van der Waals surface area (Å²) in [5.41, 5.74) is 2.56. The Morgan fingerprint density at radius 3 is 2.76 bits per heavy atom. The first-order valence-electron chi connectivity index (χ1n) is 8.70. The Labute approximate surface area is 151 Å². The number of aromatic amines is 1. The first kappa shape index (κ1) is 16.2. The van der Waals surface area contributed by atoms with Gasteiger partial charge < -0.3 is 9.88 Å². The van der Waals surface area contributed by atoms with Crippen molar-refractivity contribution < 1.29 is 4.79 Å². The van der Waals surface area contributed by atoms with Crippen molar-refractivity contribution in [3.05, 3.63) is 60.4 Å². The van der Waals surface area contributed by atoms with E-state index in [0.29, 0.717) is 5.92 Å². The van der Waals surface area contributed by atoms with Gasteiger partial charge in [0.05, 0.1) is 17.4 Å². The van der Waals surface area contributed by atoms with Crippen LogP contribution < -0.4 is 0 Å². The lowest BCUT2D eigenvalue weighted by molar-refractivity contribution is 0.0699. The molecule has 0 unspecified atom stereocenters. The Balaban J connectivity index is 1.32. The fourth-order valence-electron chi connectivity index (χ4n) is 3.28. The number of nitrogens with one attached hydrogen (secondary N) is 1. The summed E-state index contributed by atoms with van der Waals surface area (Å²) in [6.07, 6.45) is 3.82. The summed E-state index contributed by atoms with van der Waals surface area (Å²) in [6.45, 7) is 1.69. The molecule has 1 N–H and O–H groups in total. The van der Waals surface area contributed by atoms with Gasteiger partial charge in [0, 0.05) is 29.3 Å². The number of carbonyl (C=O) groups excluding carboxylic acids is 1. The van der Waals surface area contributed by atoms with E-state index in [9.17, 15) is 4.79 Å². The number of hydrogen-bond acceptors (Lipinski definition) is 3. The number of fused-ring (bicyclic) bond motifs is 1. The molecule has 0 aliphatic carbocycles. The molecule has 0 radical (unpaired) electrons. The number of nitrogens with zero attached hydrogens (tertiary/aromatic N) is 2. The van der Waals surface area contributed by atoms with Crippen molar-refractivity contribution in [3.63, 3.8) is 0 Å². The van der Waals surface area contributed by atoms with Crippen LogP contribution in [0.4, 0.5) is 0 Å². The molecule has 3 aromatic rings. The maximum absolute atomic E-state index is 12.7. The van der Waals surface area contributed by atoms with E-state index in [1.54, 1.807) is 6.33 Å². The van der Waals surface area contributed by atoms with E-state index in [4.69, 9.17) is 0 Å². The Bertz CT molecular complexity index is 854. The molecule has 5 heteroatoms. The summed E-state index contributed by atoms with van der Waals surface area (Å²) >= 11 is 1.92. The van der Waals surface area contributed by atoms with Crippen molar-refractivity contribution in [1.82, 2.24) is 14.9 Å². The van der Waals surface area contributed by atoms with E-state index in [1.807, 2.05) is 34.9 Å². The lowest BCUT2D eigenvalue weighted by Crippen LogP contribution is -2.39. The fraction of sp³-hybridized carbons (Fsp3) is 0.300. The number of carbonyl (C=O) groups is 1. The molecule has 0 spiro atoms. The quantitative estimate of drug-likeness (QED) is 0.717. The lowest BCUT2D eigenvalue weighted by Gasteiger charge is -2.32. The van der Waals surface area contributed by atoms with Crippen molar-refractivity contribution in [2.75, 3.05) is 18.8 Å². The van der Waals surface area contributed by atoms with Gasteiger partial charge in [-0.15, -0.1) is 11.8 Å². The van der Waals surface area contributed by atoms with Crippen LogP contribution in [0.1, 0.15) is 23.2 Å². The van der Waals surface area contributed by atoms with Crippen LogP contribution in [0.5, 0.6) is 0 Å². The molecular formula is C20H21N3OS. The molecule has 1 saturated heterocycles. The molecule has 1 aliphatic rings. The number of piperidine rings is 1. The maximum atomic E-state index is 12.7. The van der Waals surface area contributed by atoms with Gasteiger partial charge in [0.15, 0.2) is 0 Å². The second-order valence-electron chi connectivity index (χ2n) is 6.49. The zero-order valence-corrected chi connectivity index (χ0v) is 14.8. The van der Waals surface area contributed by atoms with Crippen LogP contribution in [0.25, 0.3) is 11.0 Å². The van der Waals surface area contributed by atoms with Crippen molar-refractivity contribution in [3.8, 4) is 0 Å². The first-order chi connectivity index (χ1) is 12.3. The SMILES string of the molecule is O=C(c1ccc2nc[nH]c2c1)N1CCC(CSc2ccccc2)CC1. The highest BCUT2D eigenvalue weighted by Gasteiger charge is 2.24. The molecule has 1 aliphatic heterocycles. The van der Waals surface area contributed by atoms with Crippen LogP contribution in [0.3, 0.4) is 0 Å². The van der Waals surface area contributed by atoms with Crippen LogP contribution in [-0.4, -0.2) is 39.6 Å². The fourth-order valence-corrected chi connectivity index (χ4v) is 4.40. The molecule has 1 amide bonds. The molecule has 2 heterocycles. The Morgan fingerprint density at radius 1 is 1.16 bits per heavy atom. The Hall–Kier alpha value is -2.27. The Kier molecular flexibility index (Phi) is 4.74. The predicted molar refractivity (Wildman–Crippen MR) is 102 cm³/mol. The molecule has 128 valence electrons. The topological polar surface area (TPSA) is 49.0 Å². The molecule has 0 atom stereocenters. The predicted octanol–water partition coefficient (Wildman–Crippen LogP) is 4.21. The van der Waals surface area contributed by atoms with E-state index < -0.39 is 0 Å². The van der Waals surface area contributed by atoms with Crippen LogP contribution in [0.2, 0.25) is 0 Å². The molecule has 0 saturated carbocycles. The summed E-state index contributed by atoms with van der Waals surface area (Å²) in [5.74, 6) is 1.95. The van der Waals surface area contributed by atoms with Gasteiger partial charge in [-0.3, -0.25) is 4.79 Å². The minimum absolute atomic E-state index is 0.130. The van der Waals surface area contributed by atoms with E-state index in [1.165, 1.54) is 4.90 Å². The van der Waals surface area contributed by atoms with Gasteiger partial charge in [0.25, 0.3) is 5.91 Å². The lowest BCUT2D eigenvalue weighted by atomic mass is 9.98. The van der Waals surface area contributed by atoms with Gasteiger partial charge in [-0.1, -0.05) is 18.2 Å². The third-order valence-electron chi connectivity index (χ3n) is 4.80. The molecule has 1 aromatic heterocycles. The number of amides is 1. The summed E-state index contributed by atoms with van der Waals surface area (Å²) in [7, 11) is 0. The number of benzene rings is 2.